The van der Waals surface area contributed by atoms with Crippen molar-refractivity contribution in [3.05, 3.63) is 47.3 Å². The van der Waals surface area contributed by atoms with Crippen LogP contribution < -0.4 is 10.1 Å². The number of rotatable bonds is 5. The monoisotopic (exact) mass is 285 g/mol. The van der Waals surface area contributed by atoms with Crippen LogP contribution in [0.1, 0.15) is 34.5 Å². The number of nitrogens with one attached hydrogen (secondary N) is 1. The predicted molar refractivity (Wildman–Crippen MR) is 79.3 cm³/mol. The first-order valence-electron chi connectivity index (χ1n) is 7.16. The summed E-state index contributed by atoms with van der Waals surface area (Å²) in [6.45, 7) is 4.33. The highest BCUT2D eigenvalue weighted by Gasteiger charge is 2.24. The topological polar surface area (TPSA) is 56.1 Å². The molecule has 1 heterocycles. The molecule has 1 saturated carbocycles. The zero-order valence-electron chi connectivity index (χ0n) is 12.3. The smallest absolute Gasteiger partial charge is 0.271 e. The molecule has 0 radical (unpaired) electrons. The zero-order chi connectivity index (χ0) is 14.8. The van der Waals surface area contributed by atoms with Crippen molar-refractivity contribution >= 4 is 5.91 Å². The van der Waals surface area contributed by atoms with Gasteiger partial charge in [-0.25, -0.2) is 4.68 Å². The summed E-state index contributed by atoms with van der Waals surface area (Å²) in [5.74, 6) is 0.734. The lowest BCUT2D eigenvalue weighted by molar-refractivity contribution is 0.0944. The van der Waals surface area contributed by atoms with Crippen molar-refractivity contribution in [1.82, 2.24) is 15.1 Å². The predicted octanol–water partition coefficient (Wildman–Crippen LogP) is 2.43. The molecule has 1 aliphatic carbocycles. The average molecular weight is 285 g/mol. The van der Waals surface area contributed by atoms with Gasteiger partial charge in [0.2, 0.25) is 0 Å². The first-order valence-corrected chi connectivity index (χ1v) is 7.16. The molecular weight excluding hydrogens is 266 g/mol. The van der Waals surface area contributed by atoms with Gasteiger partial charge in [-0.3, -0.25) is 4.79 Å². The molecule has 1 N–H and O–H groups in total. The Kier molecular flexibility index (Phi) is 3.64. The van der Waals surface area contributed by atoms with E-state index in [1.807, 2.05) is 26.0 Å². The van der Waals surface area contributed by atoms with Crippen molar-refractivity contribution in [2.45, 2.75) is 39.5 Å². The van der Waals surface area contributed by atoms with Crippen LogP contribution in [0.4, 0.5) is 0 Å². The highest BCUT2D eigenvalue weighted by molar-refractivity contribution is 5.92. The third-order valence-corrected chi connectivity index (χ3v) is 3.48. The van der Waals surface area contributed by atoms with Crippen molar-refractivity contribution in [2.24, 2.45) is 0 Å². The van der Waals surface area contributed by atoms with Crippen LogP contribution in [-0.4, -0.2) is 21.7 Å². The van der Waals surface area contributed by atoms with Crippen LogP contribution in [0.3, 0.4) is 0 Å². The number of carbonyl (C=O) groups is 1. The van der Waals surface area contributed by atoms with E-state index >= 15 is 0 Å². The van der Waals surface area contributed by atoms with E-state index in [4.69, 9.17) is 4.74 Å². The Morgan fingerprint density at radius 1 is 1.38 bits per heavy atom. The molecule has 110 valence electrons. The van der Waals surface area contributed by atoms with Gasteiger partial charge in [0.1, 0.15) is 11.4 Å². The lowest BCUT2D eigenvalue weighted by Gasteiger charge is -2.09. The van der Waals surface area contributed by atoms with Gasteiger partial charge >= 0.3 is 0 Å². The van der Waals surface area contributed by atoms with Gasteiger partial charge in [0.05, 0.1) is 0 Å². The molecule has 0 bridgehead atoms. The normalized spacial score (nSPS) is 14.0. The summed E-state index contributed by atoms with van der Waals surface area (Å²) in [6, 6.07) is 8.14. The van der Waals surface area contributed by atoms with Gasteiger partial charge in [-0.2, -0.15) is 5.10 Å². The van der Waals surface area contributed by atoms with Crippen LogP contribution in [0.5, 0.6) is 5.75 Å². The Bertz CT molecular complexity index is 659. The van der Waals surface area contributed by atoms with E-state index in [-0.39, 0.29) is 5.91 Å². The molecular formula is C16H19N3O2. The Labute approximate surface area is 123 Å². The maximum atomic E-state index is 11.9. The van der Waals surface area contributed by atoms with E-state index in [2.05, 4.69) is 16.5 Å². The number of nitrogens with zero attached hydrogens (tertiary/aromatic N) is 2. The SMILES string of the molecule is Cc1ccc(C)c(OCn2ccc(C(=O)NC3CC3)n2)c1. The molecule has 21 heavy (non-hydrogen) atoms. The third kappa shape index (κ3) is 3.42. The first-order chi connectivity index (χ1) is 10.1. The highest BCUT2D eigenvalue weighted by atomic mass is 16.5. The van der Waals surface area contributed by atoms with Crippen LogP contribution >= 0.6 is 0 Å². The minimum atomic E-state index is -0.108. The number of hydrogen-bond acceptors (Lipinski definition) is 3. The van der Waals surface area contributed by atoms with Crippen LogP contribution in [0.2, 0.25) is 0 Å². The van der Waals surface area contributed by atoms with Gasteiger partial charge in [0.25, 0.3) is 5.91 Å². The molecule has 1 amide bonds. The molecule has 0 spiro atoms. The fourth-order valence-electron chi connectivity index (χ4n) is 2.04. The van der Waals surface area contributed by atoms with E-state index in [1.165, 1.54) is 0 Å². The summed E-state index contributed by atoms with van der Waals surface area (Å²) in [4.78, 5) is 11.9. The number of hydrogen-bond donors (Lipinski definition) is 1. The zero-order valence-corrected chi connectivity index (χ0v) is 12.3. The summed E-state index contributed by atoms with van der Waals surface area (Å²) in [5, 5.41) is 7.16. The molecule has 1 aromatic heterocycles. The summed E-state index contributed by atoms with van der Waals surface area (Å²) in [6.07, 6.45) is 3.90. The second-order valence-corrected chi connectivity index (χ2v) is 5.53. The molecule has 1 aliphatic rings. The highest BCUT2D eigenvalue weighted by Crippen LogP contribution is 2.20. The van der Waals surface area contributed by atoms with Crippen LogP contribution in [0, 0.1) is 13.8 Å². The molecule has 5 nitrogen and oxygen atoms in total. The lowest BCUT2D eigenvalue weighted by Crippen LogP contribution is -2.26. The Morgan fingerprint density at radius 2 is 2.19 bits per heavy atom. The number of carbonyl (C=O) groups excluding carboxylic acids is 1. The minimum Gasteiger partial charge on any atom is -0.471 e. The Hall–Kier alpha value is -2.30. The number of aryl methyl sites for hydroxylation is 2. The van der Waals surface area contributed by atoms with Crippen molar-refractivity contribution in [2.75, 3.05) is 0 Å². The first kappa shape index (κ1) is 13.7. The Balaban J connectivity index is 1.61. The molecule has 1 fully saturated rings. The average Bonchev–Trinajstić information content (AvgIpc) is 3.14. The largest absolute Gasteiger partial charge is 0.471 e. The van der Waals surface area contributed by atoms with E-state index in [0.29, 0.717) is 18.5 Å². The second-order valence-electron chi connectivity index (χ2n) is 5.53. The number of aromatic nitrogens is 2. The minimum absolute atomic E-state index is 0.108. The van der Waals surface area contributed by atoms with Crippen molar-refractivity contribution < 1.29 is 9.53 Å². The van der Waals surface area contributed by atoms with E-state index < -0.39 is 0 Å². The fourth-order valence-corrected chi connectivity index (χ4v) is 2.04. The lowest BCUT2D eigenvalue weighted by atomic mass is 10.1. The Morgan fingerprint density at radius 3 is 2.95 bits per heavy atom. The molecule has 5 heteroatoms. The second kappa shape index (κ2) is 5.60. The molecule has 1 aromatic carbocycles. The summed E-state index contributed by atoms with van der Waals surface area (Å²) >= 11 is 0. The van der Waals surface area contributed by atoms with Gasteiger partial charge in [0, 0.05) is 12.2 Å². The molecule has 0 unspecified atom stereocenters. The quantitative estimate of drug-likeness (QED) is 0.918. The van der Waals surface area contributed by atoms with Crippen molar-refractivity contribution in [1.29, 1.82) is 0 Å². The van der Waals surface area contributed by atoms with Gasteiger partial charge in [-0.1, -0.05) is 12.1 Å². The number of ether oxygens (including phenoxy) is 1. The summed E-state index contributed by atoms with van der Waals surface area (Å²) in [7, 11) is 0. The molecule has 3 rings (SSSR count). The number of benzene rings is 1. The van der Waals surface area contributed by atoms with Gasteiger partial charge in [0.15, 0.2) is 6.73 Å². The van der Waals surface area contributed by atoms with Gasteiger partial charge in [-0.15, -0.1) is 0 Å². The van der Waals surface area contributed by atoms with Crippen molar-refractivity contribution in [3.63, 3.8) is 0 Å². The van der Waals surface area contributed by atoms with Crippen LogP contribution in [0.25, 0.3) is 0 Å². The fraction of sp³-hybridized carbons (Fsp3) is 0.375. The molecule has 2 aromatic rings. The van der Waals surface area contributed by atoms with Gasteiger partial charge < -0.3 is 10.1 Å². The van der Waals surface area contributed by atoms with Crippen LogP contribution in [-0.2, 0) is 6.73 Å². The molecule has 0 saturated heterocycles. The third-order valence-electron chi connectivity index (χ3n) is 3.48. The van der Waals surface area contributed by atoms with E-state index in [9.17, 15) is 4.79 Å². The van der Waals surface area contributed by atoms with Gasteiger partial charge in [-0.05, 0) is 49.9 Å². The van der Waals surface area contributed by atoms with Crippen molar-refractivity contribution in [3.8, 4) is 5.75 Å². The van der Waals surface area contributed by atoms with E-state index in [0.717, 1.165) is 29.7 Å². The van der Waals surface area contributed by atoms with E-state index in [1.54, 1.807) is 16.9 Å². The standard InChI is InChI=1S/C16H19N3O2/c1-11-3-4-12(2)15(9-11)21-10-19-8-7-14(18-19)16(20)17-13-5-6-13/h3-4,7-9,13H,5-6,10H2,1-2H3,(H,17,20). The summed E-state index contributed by atoms with van der Waals surface area (Å²) in [5.41, 5.74) is 2.67. The number of amides is 1. The maximum Gasteiger partial charge on any atom is 0.271 e. The molecule has 0 aliphatic heterocycles. The maximum absolute atomic E-state index is 11.9. The molecule has 0 atom stereocenters. The summed E-state index contributed by atoms with van der Waals surface area (Å²) < 4.78 is 7.39. The van der Waals surface area contributed by atoms with Crippen LogP contribution in [0.15, 0.2) is 30.5 Å².